The second-order valence-corrected chi connectivity index (χ2v) is 7.35. The van der Waals surface area contributed by atoms with Crippen LogP contribution in [0.4, 0.5) is 0 Å². The molecule has 1 fully saturated rings. The van der Waals surface area contributed by atoms with Crippen molar-refractivity contribution >= 4 is 0 Å². The molecular formula is C20H31N5O. The van der Waals surface area contributed by atoms with Crippen molar-refractivity contribution in [3.8, 4) is 0 Å². The van der Waals surface area contributed by atoms with Crippen LogP contribution in [0, 0.1) is 12.8 Å². The van der Waals surface area contributed by atoms with E-state index in [1.807, 2.05) is 12.4 Å². The van der Waals surface area contributed by atoms with E-state index < -0.39 is 0 Å². The number of hydrogen-bond donors (Lipinski definition) is 1. The van der Waals surface area contributed by atoms with Gasteiger partial charge in [0, 0.05) is 51.4 Å². The van der Waals surface area contributed by atoms with Gasteiger partial charge in [0.05, 0.1) is 12.3 Å². The third-order valence-electron chi connectivity index (χ3n) is 5.14. The van der Waals surface area contributed by atoms with Gasteiger partial charge in [0.15, 0.2) is 0 Å². The number of aromatic amines is 1. The summed E-state index contributed by atoms with van der Waals surface area (Å²) in [5.41, 5.74) is 3.55. The fourth-order valence-corrected chi connectivity index (χ4v) is 3.69. The monoisotopic (exact) mass is 357 g/mol. The highest BCUT2D eigenvalue weighted by atomic mass is 16.5. The summed E-state index contributed by atoms with van der Waals surface area (Å²) in [4.78, 5) is 9.18. The summed E-state index contributed by atoms with van der Waals surface area (Å²) in [6.07, 6.45) is 6.27. The van der Waals surface area contributed by atoms with E-state index in [0.717, 1.165) is 50.1 Å². The fraction of sp³-hybridized carbons (Fsp3) is 0.600. The van der Waals surface area contributed by atoms with Gasteiger partial charge in [0.25, 0.3) is 0 Å². The standard InChI is InChI=1S/C20H31N5O/c1-17-13-20(23-22-17)16-25(14-18-3-7-21-8-4-18)15-19-5-9-24(10-6-19)11-12-26-2/h3-4,7-8,13,19H,5-6,9-12,14-16H2,1-2H3,(H,22,23). The van der Waals surface area contributed by atoms with Gasteiger partial charge in [-0.2, -0.15) is 5.10 Å². The molecule has 0 spiro atoms. The molecule has 6 nitrogen and oxygen atoms in total. The maximum absolute atomic E-state index is 5.21. The zero-order chi connectivity index (χ0) is 18.2. The number of rotatable bonds is 9. The lowest BCUT2D eigenvalue weighted by molar-refractivity contribution is 0.103. The first-order valence-electron chi connectivity index (χ1n) is 9.56. The number of ether oxygens (including phenoxy) is 1. The minimum Gasteiger partial charge on any atom is -0.383 e. The number of pyridine rings is 1. The number of nitrogens with zero attached hydrogens (tertiary/aromatic N) is 4. The molecule has 1 aliphatic rings. The zero-order valence-electron chi connectivity index (χ0n) is 16.0. The minimum absolute atomic E-state index is 0.746. The number of piperidine rings is 1. The summed E-state index contributed by atoms with van der Waals surface area (Å²) in [6.45, 7) is 9.24. The Morgan fingerprint density at radius 3 is 2.65 bits per heavy atom. The highest BCUT2D eigenvalue weighted by molar-refractivity contribution is 5.11. The van der Waals surface area contributed by atoms with Gasteiger partial charge >= 0.3 is 0 Å². The second-order valence-electron chi connectivity index (χ2n) is 7.35. The number of aryl methyl sites for hydroxylation is 1. The first-order chi connectivity index (χ1) is 12.7. The summed E-state index contributed by atoms with van der Waals surface area (Å²) < 4.78 is 5.21. The van der Waals surface area contributed by atoms with Gasteiger partial charge in [0.1, 0.15) is 0 Å². The van der Waals surface area contributed by atoms with Gasteiger partial charge in [-0.05, 0) is 62.5 Å². The quantitative estimate of drug-likeness (QED) is 0.747. The molecule has 6 heteroatoms. The first-order valence-corrected chi connectivity index (χ1v) is 9.56. The molecule has 0 saturated carbocycles. The maximum Gasteiger partial charge on any atom is 0.0765 e. The Morgan fingerprint density at radius 1 is 1.23 bits per heavy atom. The van der Waals surface area contributed by atoms with Crippen LogP contribution in [0.3, 0.4) is 0 Å². The van der Waals surface area contributed by atoms with Crippen LogP contribution in [-0.2, 0) is 17.8 Å². The van der Waals surface area contributed by atoms with Crippen molar-refractivity contribution in [2.45, 2.75) is 32.9 Å². The van der Waals surface area contributed by atoms with E-state index in [9.17, 15) is 0 Å². The van der Waals surface area contributed by atoms with E-state index in [-0.39, 0.29) is 0 Å². The molecule has 1 saturated heterocycles. The van der Waals surface area contributed by atoms with Crippen LogP contribution in [0.25, 0.3) is 0 Å². The van der Waals surface area contributed by atoms with Crippen LogP contribution in [0.1, 0.15) is 29.8 Å². The molecular weight excluding hydrogens is 326 g/mol. The summed E-state index contributed by atoms with van der Waals surface area (Å²) in [5, 5.41) is 7.50. The number of methoxy groups -OCH3 is 1. The van der Waals surface area contributed by atoms with Crippen molar-refractivity contribution in [1.82, 2.24) is 25.0 Å². The third kappa shape index (κ3) is 5.90. The average Bonchev–Trinajstić information content (AvgIpc) is 3.06. The van der Waals surface area contributed by atoms with Crippen molar-refractivity contribution < 1.29 is 4.74 Å². The summed E-state index contributed by atoms with van der Waals surface area (Å²) in [5.74, 6) is 0.746. The Labute approximate surface area is 156 Å². The molecule has 0 bridgehead atoms. The van der Waals surface area contributed by atoms with E-state index >= 15 is 0 Å². The summed E-state index contributed by atoms with van der Waals surface area (Å²) >= 11 is 0. The molecule has 0 amide bonds. The predicted molar refractivity (Wildman–Crippen MR) is 103 cm³/mol. The van der Waals surface area contributed by atoms with E-state index in [1.54, 1.807) is 7.11 Å². The number of H-pyrrole nitrogens is 1. The van der Waals surface area contributed by atoms with Gasteiger partial charge in [-0.1, -0.05) is 0 Å². The fourth-order valence-electron chi connectivity index (χ4n) is 3.69. The largest absolute Gasteiger partial charge is 0.383 e. The zero-order valence-corrected chi connectivity index (χ0v) is 16.0. The van der Waals surface area contributed by atoms with Gasteiger partial charge in [0.2, 0.25) is 0 Å². The lowest BCUT2D eigenvalue weighted by Crippen LogP contribution is -2.39. The van der Waals surface area contributed by atoms with Gasteiger partial charge < -0.3 is 9.64 Å². The van der Waals surface area contributed by atoms with Crippen LogP contribution >= 0.6 is 0 Å². The normalized spacial score (nSPS) is 16.4. The summed E-state index contributed by atoms with van der Waals surface area (Å²) in [6, 6.07) is 6.36. The Hall–Kier alpha value is -1.76. The molecule has 0 aromatic carbocycles. The number of aromatic nitrogens is 3. The molecule has 0 unspecified atom stereocenters. The number of nitrogens with one attached hydrogen (secondary N) is 1. The van der Waals surface area contributed by atoms with Crippen molar-refractivity contribution in [2.75, 3.05) is 39.9 Å². The van der Waals surface area contributed by atoms with Crippen LogP contribution in [0.2, 0.25) is 0 Å². The topological polar surface area (TPSA) is 57.3 Å². The SMILES string of the molecule is COCCN1CCC(CN(Cc2ccncc2)Cc2cc(C)[nH]n2)CC1. The lowest BCUT2D eigenvalue weighted by atomic mass is 9.96. The molecule has 1 aliphatic heterocycles. The van der Waals surface area contributed by atoms with E-state index in [1.165, 1.54) is 31.5 Å². The van der Waals surface area contributed by atoms with Gasteiger partial charge in [-0.3, -0.25) is 15.0 Å². The third-order valence-corrected chi connectivity index (χ3v) is 5.14. The average molecular weight is 358 g/mol. The molecule has 1 N–H and O–H groups in total. The van der Waals surface area contributed by atoms with Crippen LogP contribution in [-0.4, -0.2) is 64.9 Å². The lowest BCUT2D eigenvalue weighted by Gasteiger charge is -2.34. The van der Waals surface area contributed by atoms with E-state index in [4.69, 9.17) is 4.74 Å². The Kier molecular flexibility index (Phi) is 7.17. The predicted octanol–water partition coefficient (Wildman–Crippen LogP) is 2.47. The van der Waals surface area contributed by atoms with Crippen molar-refractivity contribution in [3.63, 3.8) is 0 Å². The molecule has 26 heavy (non-hydrogen) atoms. The molecule has 2 aromatic rings. The minimum atomic E-state index is 0.746. The Balaban J connectivity index is 1.56. The van der Waals surface area contributed by atoms with Crippen LogP contribution in [0.15, 0.2) is 30.6 Å². The molecule has 3 rings (SSSR count). The van der Waals surface area contributed by atoms with Crippen molar-refractivity contribution in [2.24, 2.45) is 5.92 Å². The molecule has 0 radical (unpaired) electrons. The van der Waals surface area contributed by atoms with Gasteiger partial charge in [-0.15, -0.1) is 0 Å². The van der Waals surface area contributed by atoms with Crippen molar-refractivity contribution in [3.05, 3.63) is 47.5 Å². The Bertz CT molecular complexity index is 637. The molecule has 142 valence electrons. The second kappa shape index (κ2) is 9.80. The van der Waals surface area contributed by atoms with Crippen LogP contribution in [0.5, 0.6) is 0 Å². The molecule has 0 atom stereocenters. The van der Waals surface area contributed by atoms with E-state index in [0.29, 0.717) is 0 Å². The van der Waals surface area contributed by atoms with Crippen molar-refractivity contribution in [1.29, 1.82) is 0 Å². The van der Waals surface area contributed by atoms with E-state index in [2.05, 4.69) is 50.1 Å². The smallest absolute Gasteiger partial charge is 0.0765 e. The highest BCUT2D eigenvalue weighted by Gasteiger charge is 2.22. The van der Waals surface area contributed by atoms with Crippen LogP contribution < -0.4 is 0 Å². The maximum atomic E-state index is 5.21. The molecule has 0 aliphatic carbocycles. The molecule has 2 aromatic heterocycles. The van der Waals surface area contributed by atoms with Gasteiger partial charge in [-0.25, -0.2) is 0 Å². The number of likely N-dealkylation sites (tertiary alicyclic amines) is 1. The Morgan fingerprint density at radius 2 is 2.00 bits per heavy atom. The summed E-state index contributed by atoms with van der Waals surface area (Å²) in [7, 11) is 1.78. The highest BCUT2D eigenvalue weighted by Crippen LogP contribution is 2.20. The molecule has 3 heterocycles. The number of hydrogen-bond acceptors (Lipinski definition) is 5. The first kappa shape index (κ1) is 19.0.